The summed E-state index contributed by atoms with van der Waals surface area (Å²) in [4.78, 5) is 18.2. The van der Waals surface area contributed by atoms with E-state index in [0.29, 0.717) is 0 Å². The summed E-state index contributed by atoms with van der Waals surface area (Å²) >= 11 is 0. The lowest BCUT2D eigenvalue weighted by Crippen LogP contribution is -2.35. The third kappa shape index (κ3) is 3.06. The second-order valence-corrected chi connectivity index (χ2v) is 6.13. The molecule has 118 valence electrons. The number of H-pyrrole nitrogens is 1. The van der Waals surface area contributed by atoms with E-state index in [2.05, 4.69) is 28.9 Å². The zero-order valence-corrected chi connectivity index (χ0v) is 13.8. The van der Waals surface area contributed by atoms with E-state index in [1.54, 1.807) is 0 Å². The molecule has 0 aliphatic carbocycles. The average molecular weight is 306 g/mol. The SMILES string of the molecule is Cc1ccccc1CN(C)[C@H](C)C(=O)c1c[nH]c2ccccc12. The number of likely N-dealkylation sites (N-methyl/N-ethyl adjacent to an activating group) is 1. The fraction of sp³-hybridized carbons (Fsp3) is 0.250. The quantitative estimate of drug-likeness (QED) is 0.718. The van der Waals surface area contributed by atoms with Gasteiger partial charge in [-0.2, -0.15) is 0 Å². The van der Waals surface area contributed by atoms with Crippen molar-refractivity contribution < 1.29 is 4.79 Å². The van der Waals surface area contributed by atoms with Crippen molar-refractivity contribution >= 4 is 16.7 Å². The Morgan fingerprint density at radius 2 is 1.83 bits per heavy atom. The highest BCUT2D eigenvalue weighted by molar-refractivity contribution is 6.10. The average Bonchev–Trinajstić information content (AvgIpc) is 2.99. The van der Waals surface area contributed by atoms with Gasteiger partial charge in [-0.3, -0.25) is 9.69 Å². The summed E-state index contributed by atoms with van der Waals surface area (Å²) in [6, 6.07) is 16.1. The first-order chi connectivity index (χ1) is 11.1. The van der Waals surface area contributed by atoms with Crippen LogP contribution in [0, 0.1) is 6.92 Å². The summed E-state index contributed by atoms with van der Waals surface area (Å²) < 4.78 is 0. The summed E-state index contributed by atoms with van der Waals surface area (Å²) in [5, 5.41) is 0.994. The second-order valence-electron chi connectivity index (χ2n) is 6.13. The first-order valence-electron chi connectivity index (χ1n) is 7.93. The van der Waals surface area contributed by atoms with Crippen LogP contribution in [0.1, 0.15) is 28.4 Å². The molecular weight excluding hydrogens is 284 g/mol. The van der Waals surface area contributed by atoms with Crippen LogP contribution >= 0.6 is 0 Å². The molecule has 3 aromatic rings. The summed E-state index contributed by atoms with van der Waals surface area (Å²) in [6.45, 7) is 4.85. The van der Waals surface area contributed by atoms with Crippen molar-refractivity contribution in [1.82, 2.24) is 9.88 Å². The summed E-state index contributed by atoms with van der Waals surface area (Å²) in [6.07, 6.45) is 1.82. The number of aryl methyl sites for hydroxylation is 1. The molecule has 0 saturated heterocycles. The first kappa shape index (κ1) is 15.5. The molecule has 3 rings (SSSR count). The maximum absolute atomic E-state index is 12.9. The Morgan fingerprint density at radius 1 is 1.13 bits per heavy atom. The number of nitrogens with zero attached hydrogens (tertiary/aromatic N) is 1. The molecule has 0 fully saturated rings. The Kier molecular flexibility index (Phi) is 4.30. The highest BCUT2D eigenvalue weighted by atomic mass is 16.1. The zero-order valence-electron chi connectivity index (χ0n) is 13.8. The van der Waals surface area contributed by atoms with Gasteiger partial charge < -0.3 is 4.98 Å². The highest BCUT2D eigenvalue weighted by Crippen LogP contribution is 2.21. The number of fused-ring (bicyclic) bond motifs is 1. The fourth-order valence-electron chi connectivity index (χ4n) is 2.89. The molecule has 0 spiro atoms. The molecular formula is C20H22N2O. The Bertz CT molecular complexity index is 834. The minimum absolute atomic E-state index is 0.151. The van der Waals surface area contributed by atoms with Gasteiger partial charge in [-0.05, 0) is 38.1 Å². The Morgan fingerprint density at radius 3 is 2.61 bits per heavy atom. The summed E-state index contributed by atoms with van der Waals surface area (Å²) in [5.41, 5.74) is 4.29. The van der Waals surface area contributed by atoms with Crippen molar-refractivity contribution in [2.75, 3.05) is 7.05 Å². The smallest absolute Gasteiger partial charge is 0.181 e. The van der Waals surface area contributed by atoms with E-state index >= 15 is 0 Å². The normalized spacial score (nSPS) is 12.7. The predicted molar refractivity (Wildman–Crippen MR) is 94.7 cm³/mol. The van der Waals surface area contributed by atoms with E-state index in [1.165, 1.54) is 11.1 Å². The molecule has 1 N–H and O–H groups in total. The molecule has 1 heterocycles. The van der Waals surface area contributed by atoms with Crippen LogP contribution in [0.3, 0.4) is 0 Å². The van der Waals surface area contributed by atoms with Crippen molar-refractivity contribution in [1.29, 1.82) is 0 Å². The molecule has 3 heteroatoms. The number of hydrogen-bond acceptors (Lipinski definition) is 2. The molecule has 1 aromatic heterocycles. The number of aromatic amines is 1. The van der Waals surface area contributed by atoms with Crippen LogP contribution in [0.4, 0.5) is 0 Å². The van der Waals surface area contributed by atoms with Crippen LogP contribution in [0.15, 0.2) is 54.7 Å². The van der Waals surface area contributed by atoms with Gasteiger partial charge in [0.05, 0.1) is 6.04 Å². The number of hydrogen-bond donors (Lipinski definition) is 1. The van der Waals surface area contributed by atoms with Crippen molar-refractivity contribution in [2.24, 2.45) is 0 Å². The number of Topliss-reactive ketones (excluding diaryl/α,β-unsaturated/α-hetero) is 1. The third-order valence-corrected chi connectivity index (χ3v) is 4.58. The number of rotatable bonds is 5. The van der Waals surface area contributed by atoms with E-state index in [9.17, 15) is 4.79 Å². The number of aromatic nitrogens is 1. The largest absolute Gasteiger partial charge is 0.360 e. The maximum atomic E-state index is 12.9. The Balaban J connectivity index is 1.80. The number of benzene rings is 2. The van der Waals surface area contributed by atoms with Gasteiger partial charge in [0.2, 0.25) is 0 Å². The highest BCUT2D eigenvalue weighted by Gasteiger charge is 2.22. The van der Waals surface area contributed by atoms with Crippen molar-refractivity contribution in [3.05, 3.63) is 71.4 Å². The van der Waals surface area contributed by atoms with E-state index in [-0.39, 0.29) is 11.8 Å². The van der Waals surface area contributed by atoms with Crippen LogP contribution in [-0.4, -0.2) is 28.8 Å². The van der Waals surface area contributed by atoms with Crippen molar-refractivity contribution in [3.8, 4) is 0 Å². The lowest BCUT2D eigenvalue weighted by molar-refractivity contribution is 0.0863. The van der Waals surface area contributed by atoms with Gasteiger partial charge in [0.25, 0.3) is 0 Å². The molecule has 0 radical (unpaired) electrons. The lowest BCUT2D eigenvalue weighted by Gasteiger charge is -2.24. The van der Waals surface area contributed by atoms with E-state index in [0.717, 1.165) is 23.0 Å². The molecule has 0 aliphatic rings. The minimum atomic E-state index is -0.172. The standard InChI is InChI=1S/C20H22N2O/c1-14-8-4-5-9-16(14)13-22(3)15(2)20(23)18-12-21-19-11-7-6-10-17(18)19/h4-12,15,21H,13H2,1-3H3/t15-/m1/s1. The van der Waals surface area contributed by atoms with Gasteiger partial charge in [0.1, 0.15) is 0 Å². The van der Waals surface area contributed by atoms with Crippen LogP contribution in [0.5, 0.6) is 0 Å². The molecule has 0 bridgehead atoms. The Hall–Kier alpha value is -2.39. The molecule has 23 heavy (non-hydrogen) atoms. The topological polar surface area (TPSA) is 36.1 Å². The molecule has 0 saturated carbocycles. The van der Waals surface area contributed by atoms with Gasteiger partial charge >= 0.3 is 0 Å². The second kappa shape index (κ2) is 6.39. The predicted octanol–water partition coefficient (Wildman–Crippen LogP) is 4.18. The molecule has 2 aromatic carbocycles. The molecule has 0 unspecified atom stereocenters. The van der Waals surface area contributed by atoms with Gasteiger partial charge in [-0.15, -0.1) is 0 Å². The van der Waals surface area contributed by atoms with Gasteiger partial charge in [-0.1, -0.05) is 42.5 Å². The van der Waals surface area contributed by atoms with Crippen LogP contribution in [0.2, 0.25) is 0 Å². The molecule has 3 nitrogen and oxygen atoms in total. The van der Waals surface area contributed by atoms with Crippen LogP contribution < -0.4 is 0 Å². The van der Waals surface area contributed by atoms with Crippen LogP contribution in [0.25, 0.3) is 10.9 Å². The number of carbonyl (C=O) groups excluding carboxylic acids is 1. The number of ketones is 1. The van der Waals surface area contributed by atoms with Crippen LogP contribution in [-0.2, 0) is 6.54 Å². The maximum Gasteiger partial charge on any atom is 0.181 e. The van der Waals surface area contributed by atoms with Crippen molar-refractivity contribution in [2.45, 2.75) is 26.4 Å². The molecule has 0 aliphatic heterocycles. The number of nitrogens with one attached hydrogen (secondary N) is 1. The molecule has 0 amide bonds. The number of carbonyl (C=O) groups is 1. The van der Waals surface area contributed by atoms with Gasteiger partial charge in [-0.25, -0.2) is 0 Å². The minimum Gasteiger partial charge on any atom is -0.360 e. The first-order valence-corrected chi connectivity index (χ1v) is 7.93. The monoisotopic (exact) mass is 306 g/mol. The summed E-state index contributed by atoms with van der Waals surface area (Å²) in [7, 11) is 2.00. The zero-order chi connectivity index (χ0) is 16.4. The fourth-order valence-corrected chi connectivity index (χ4v) is 2.89. The van der Waals surface area contributed by atoms with Gasteiger partial charge in [0.15, 0.2) is 5.78 Å². The Labute approximate surface area is 136 Å². The number of para-hydroxylation sites is 1. The van der Waals surface area contributed by atoms with Gasteiger partial charge in [0, 0.05) is 29.2 Å². The third-order valence-electron chi connectivity index (χ3n) is 4.58. The lowest BCUT2D eigenvalue weighted by atomic mass is 10.0. The summed E-state index contributed by atoms with van der Waals surface area (Å²) in [5.74, 6) is 0.151. The van der Waals surface area contributed by atoms with E-state index < -0.39 is 0 Å². The van der Waals surface area contributed by atoms with E-state index in [1.807, 2.05) is 56.6 Å². The molecule has 1 atom stereocenters. The van der Waals surface area contributed by atoms with E-state index in [4.69, 9.17) is 0 Å². The van der Waals surface area contributed by atoms with Crippen molar-refractivity contribution in [3.63, 3.8) is 0 Å².